The fourth-order valence-electron chi connectivity index (χ4n) is 3.69. The van der Waals surface area contributed by atoms with Crippen LogP contribution in [-0.2, 0) is 11.2 Å². The van der Waals surface area contributed by atoms with E-state index in [9.17, 15) is 14.7 Å². The molecule has 2 aromatic carbocycles. The van der Waals surface area contributed by atoms with Gasteiger partial charge in [-0.05, 0) is 36.2 Å². The topological polar surface area (TPSA) is 70.1 Å². The third kappa shape index (κ3) is 3.45. The van der Waals surface area contributed by atoms with E-state index in [0.717, 1.165) is 5.56 Å². The largest absolute Gasteiger partial charge is 0.507 e. The SMILES string of the molecule is O=C(c1ccccc1O)N1C[C@H]2OC(=O)N(CCc3cccc(Cl)c3)[C@H]2C1. The van der Waals surface area contributed by atoms with Crippen molar-refractivity contribution in [2.45, 2.75) is 18.6 Å². The van der Waals surface area contributed by atoms with E-state index in [0.29, 0.717) is 31.1 Å². The maximum Gasteiger partial charge on any atom is 0.410 e. The third-order valence-electron chi connectivity index (χ3n) is 5.08. The van der Waals surface area contributed by atoms with E-state index in [1.807, 2.05) is 24.3 Å². The molecular weight excluding hydrogens is 368 g/mol. The number of benzene rings is 2. The summed E-state index contributed by atoms with van der Waals surface area (Å²) in [6, 6.07) is 13.8. The lowest BCUT2D eigenvalue weighted by Gasteiger charge is -2.22. The van der Waals surface area contributed by atoms with Gasteiger partial charge in [0.1, 0.15) is 11.9 Å². The number of halogens is 1. The molecule has 0 unspecified atom stereocenters. The van der Waals surface area contributed by atoms with Crippen LogP contribution < -0.4 is 0 Å². The maximum atomic E-state index is 12.7. The highest BCUT2D eigenvalue weighted by Crippen LogP contribution is 2.29. The van der Waals surface area contributed by atoms with Gasteiger partial charge >= 0.3 is 6.09 Å². The van der Waals surface area contributed by atoms with Crippen LogP contribution in [-0.4, -0.2) is 58.7 Å². The zero-order valence-electron chi connectivity index (χ0n) is 14.5. The van der Waals surface area contributed by atoms with Crippen molar-refractivity contribution in [1.82, 2.24) is 9.80 Å². The number of para-hydroxylation sites is 1. The molecule has 2 atom stereocenters. The molecule has 2 fully saturated rings. The Kier molecular flexibility index (Phi) is 4.66. The number of rotatable bonds is 4. The van der Waals surface area contributed by atoms with Crippen LogP contribution in [0.25, 0.3) is 0 Å². The molecule has 6 nitrogen and oxygen atoms in total. The van der Waals surface area contributed by atoms with Gasteiger partial charge in [0.05, 0.1) is 18.2 Å². The molecular formula is C20H19ClN2O4. The van der Waals surface area contributed by atoms with Gasteiger partial charge in [-0.1, -0.05) is 35.9 Å². The number of carbonyl (C=O) groups excluding carboxylic acids is 2. The predicted octanol–water partition coefficient (Wildman–Crippen LogP) is 2.93. The maximum absolute atomic E-state index is 12.7. The summed E-state index contributed by atoms with van der Waals surface area (Å²) >= 11 is 6.01. The van der Waals surface area contributed by atoms with Gasteiger partial charge in [-0.2, -0.15) is 0 Å². The van der Waals surface area contributed by atoms with Gasteiger partial charge in [0.25, 0.3) is 5.91 Å². The monoisotopic (exact) mass is 386 g/mol. The van der Waals surface area contributed by atoms with Crippen LogP contribution in [0.3, 0.4) is 0 Å². The molecule has 27 heavy (non-hydrogen) atoms. The summed E-state index contributed by atoms with van der Waals surface area (Å²) in [4.78, 5) is 28.2. The van der Waals surface area contributed by atoms with E-state index in [1.165, 1.54) is 6.07 Å². The van der Waals surface area contributed by atoms with Gasteiger partial charge in [-0.3, -0.25) is 9.69 Å². The molecule has 140 valence electrons. The predicted molar refractivity (Wildman–Crippen MR) is 99.9 cm³/mol. The minimum atomic E-state index is -0.346. The summed E-state index contributed by atoms with van der Waals surface area (Å²) in [5, 5.41) is 10.6. The van der Waals surface area contributed by atoms with Gasteiger partial charge in [0.15, 0.2) is 0 Å². The number of hydrogen-bond donors (Lipinski definition) is 1. The highest BCUT2D eigenvalue weighted by atomic mass is 35.5. The fourth-order valence-corrected chi connectivity index (χ4v) is 3.91. The summed E-state index contributed by atoms with van der Waals surface area (Å²) in [6.45, 7) is 1.22. The number of phenols is 1. The Morgan fingerprint density at radius 2 is 2.00 bits per heavy atom. The van der Waals surface area contributed by atoms with Crippen LogP contribution in [0.1, 0.15) is 15.9 Å². The van der Waals surface area contributed by atoms with Gasteiger partial charge < -0.3 is 14.7 Å². The molecule has 2 saturated heterocycles. The van der Waals surface area contributed by atoms with E-state index in [4.69, 9.17) is 16.3 Å². The lowest BCUT2D eigenvalue weighted by Crippen LogP contribution is -2.40. The Balaban J connectivity index is 1.44. The van der Waals surface area contributed by atoms with Crippen molar-refractivity contribution in [1.29, 1.82) is 0 Å². The van der Waals surface area contributed by atoms with Crippen LogP contribution in [0.2, 0.25) is 5.02 Å². The Morgan fingerprint density at radius 3 is 2.78 bits per heavy atom. The van der Waals surface area contributed by atoms with Crippen molar-refractivity contribution in [2.75, 3.05) is 19.6 Å². The van der Waals surface area contributed by atoms with E-state index >= 15 is 0 Å². The van der Waals surface area contributed by atoms with Gasteiger partial charge in [0.2, 0.25) is 0 Å². The van der Waals surface area contributed by atoms with Crippen molar-refractivity contribution >= 4 is 23.6 Å². The zero-order valence-corrected chi connectivity index (χ0v) is 15.3. The molecule has 0 aliphatic carbocycles. The minimum absolute atomic E-state index is 0.0469. The summed E-state index contributed by atoms with van der Waals surface area (Å²) in [5.74, 6) is -0.303. The number of likely N-dealkylation sites (tertiary alicyclic amines) is 1. The zero-order chi connectivity index (χ0) is 19.0. The molecule has 2 aromatic rings. The first-order valence-corrected chi connectivity index (χ1v) is 9.19. The molecule has 2 aliphatic heterocycles. The van der Waals surface area contributed by atoms with Crippen LogP contribution in [0.15, 0.2) is 48.5 Å². The number of phenolic OH excluding ortho intramolecular Hbond substituents is 1. The molecule has 0 saturated carbocycles. The molecule has 2 aliphatic rings. The molecule has 1 N–H and O–H groups in total. The molecule has 7 heteroatoms. The van der Waals surface area contributed by atoms with Crippen LogP contribution >= 0.6 is 11.6 Å². The van der Waals surface area contributed by atoms with Crippen molar-refractivity contribution in [2.24, 2.45) is 0 Å². The normalized spacial score (nSPS) is 21.3. The molecule has 0 radical (unpaired) electrons. The van der Waals surface area contributed by atoms with Crippen molar-refractivity contribution in [3.63, 3.8) is 0 Å². The average molecular weight is 387 g/mol. The lowest BCUT2D eigenvalue weighted by molar-refractivity contribution is 0.0725. The number of fused-ring (bicyclic) bond motifs is 1. The first-order valence-electron chi connectivity index (χ1n) is 8.82. The summed E-state index contributed by atoms with van der Waals surface area (Å²) in [5.41, 5.74) is 1.30. The Bertz CT molecular complexity index is 888. The summed E-state index contributed by atoms with van der Waals surface area (Å²) < 4.78 is 5.46. The molecule has 0 spiro atoms. The number of ether oxygens (including phenoxy) is 1. The lowest BCUT2D eigenvalue weighted by atomic mass is 10.1. The van der Waals surface area contributed by atoms with Crippen molar-refractivity contribution in [3.05, 3.63) is 64.7 Å². The van der Waals surface area contributed by atoms with Gasteiger partial charge in [0, 0.05) is 18.1 Å². The van der Waals surface area contributed by atoms with Crippen LogP contribution in [0.4, 0.5) is 4.79 Å². The third-order valence-corrected chi connectivity index (χ3v) is 5.31. The second kappa shape index (κ2) is 7.12. The van der Waals surface area contributed by atoms with Gasteiger partial charge in [-0.15, -0.1) is 0 Å². The van der Waals surface area contributed by atoms with E-state index in [1.54, 1.807) is 28.0 Å². The van der Waals surface area contributed by atoms with Crippen LogP contribution in [0, 0.1) is 0 Å². The first-order chi connectivity index (χ1) is 13.0. The van der Waals surface area contributed by atoms with Crippen LogP contribution in [0.5, 0.6) is 5.75 Å². The summed E-state index contributed by atoms with van der Waals surface area (Å²) in [7, 11) is 0. The van der Waals surface area contributed by atoms with E-state index < -0.39 is 0 Å². The minimum Gasteiger partial charge on any atom is -0.507 e. The first kappa shape index (κ1) is 17.7. The Labute approximate surface area is 161 Å². The summed E-state index contributed by atoms with van der Waals surface area (Å²) in [6.07, 6.45) is -0.0277. The number of amides is 2. The van der Waals surface area contributed by atoms with E-state index in [-0.39, 0.29) is 35.5 Å². The molecule has 0 bridgehead atoms. The van der Waals surface area contributed by atoms with Crippen molar-refractivity contribution < 1.29 is 19.4 Å². The molecule has 2 amide bonds. The highest BCUT2D eigenvalue weighted by Gasteiger charge is 2.48. The molecule has 2 heterocycles. The number of hydrogen-bond acceptors (Lipinski definition) is 4. The smallest absolute Gasteiger partial charge is 0.410 e. The quantitative estimate of drug-likeness (QED) is 0.877. The number of nitrogens with zero attached hydrogens (tertiary/aromatic N) is 2. The Hall–Kier alpha value is -2.73. The second-order valence-corrected chi connectivity index (χ2v) is 7.23. The second-order valence-electron chi connectivity index (χ2n) is 6.79. The fraction of sp³-hybridized carbons (Fsp3) is 0.300. The van der Waals surface area contributed by atoms with E-state index in [2.05, 4.69) is 0 Å². The standard InChI is InChI=1S/C20H19ClN2O4/c21-14-5-3-4-13(10-14)8-9-23-16-11-22(12-18(16)27-20(23)26)19(25)15-6-1-2-7-17(15)24/h1-7,10,16,18,24H,8-9,11-12H2/t16-,18+/m0/s1. The number of carbonyl (C=O) groups is 2. The Morgan fingerprint density at radius 1 is 1.19 bits per heavy atom. The molecule has 4 rings (SSSR count). The average Bonchev–Trinajstić information content (AvgIpc) is 3.17. The van der Waals surface area contributed by atoms with Crippen molar-refractivity contribution in [3.8, 4) is 5.75 Å². The number of aromatic hydroxyl groups is 1. The van der Waals surface area contributed by atoms with Gasteiger partial charge in [-0.25, -0.2) is 4.79 Å². The highest BCUT2D eigenvalue weighted by molar-refractivity contribution is 6.30. The molecule has 0 aromatic heterocycles.